The van der Waals surface area contributed by atoms with Crippen LogP contribution in [-0.4, -0.2) is 41.1 Å². The van der Waals surface area contributed by atoms with E-state index in [0.717, 1.165) is 11.3 Å². The molecule has 2 aromatic heterocycles. The van der Waals surface area contributed by atoms with Crippen LogP contribution < -0.4 is 0 Å². The molecule has 0 saturated carbocycles. The van der Waals surface area contributed by atoms with Crippen LogP contribution in [0, 0.1) is 12.8 Å². The average molecular weight is 278 g/mol. The molecule has 2 heterocycles. The molecule has 0 aliphatic rings. The van der Waals surface area contributed by atoms with Crippen LogP contribution in [0.2, 0.25) is 0 Å². The molecular formula is C12H18N6O2. The number of tetrazole rings is 1. The number of carboxylic acid groups (broad SMARTS) is 1. The van der Waals surface area contributed by atoms with E-state index >= 15 is 0 Å². The quantitative estimate of drug-likeness (QED) is 0.877. The summed E-state index contributed by atoms with van der Waals surface area (Å²) in [5.74, 6) is -0.214. The Labute approximate surface area is 116 Å². The number of aromatic nitrogens is 6. The van der Waals surface area contributed by atoms with E-state index in [9.17, 15) is 4.79 Å². The van der Waals surface area contributed by atoms with Crippen molar-refractivity contribution in [1.29, 1.82) is 0 Å². The summed E-state index contributed by atoms with van der Waals surface area (Å²) in [4.78, 5) is 11.0. The van der Waals surface area contributed by atoms with Gasteiger partial charge in [0.15, 0.2) is 5.82 Å². The minimum absolute atomic E-state index is 0.0188. The van der Waals surface area contributed by atoms with Gasteiger partial charge in [0, 0.05) is 13.2 Å². The molecule has 0 saturated heterocycles. The highest BCUT2D eigenvalue weighted by molar-refractivity contribution is 5.67. The lowest BCUT2D eigenvalue weighted by Gasteiger charge is -2.19. The van der Waals surface area contributed by atoms with Gasteiger partial charge >= 0.3 is 5.97 Å². The van der Waals surface area contributed by atoms with Crippen molar-refractivity contribution < 1.29 is 9.90 Å². The second-order valence-electron chi connectivity index (χ2n) is 5.16. The van der Waals surface area contributed by atoms with Crippen LogP contribution >= 0.6 is 0 Å². The van der Waals surface area contributed by atoms with Crippen LogP contribution in [0.5, 0.6) is 0 Å². The predicted molar refractivity (Wildman–Crippen MR) is 70.9 cm³/mol. The molecule has 0 amide bonds. The third-order valence-corrected chi connectivity index (χ3v) is 3.21. The first-order valence-corrected chi connectivity index (χ1v) is 6.40. The second-order valence-corrected chi connectivity index (χ2v) is 5.16. The summed E-state index contributed by atoms with van der Waals surface area (Å²) >= 11 is 0. The van der Waals surface area contributed by atoms with E-state index in [1.54, 1.807) is 9.36 Å². The number of aryl methyl sites for hydroxylation is 2. The highest BCUT2D eigenvalue weighted by Gasteiger charge is 2.25. The fourth-order valence-electron chi connectivity index (χ4n) is 2.20. The molecule has 0 radical (unpaired) electrons. The summed E-state index contributed by atoms with van der Waals surface area (Å²) in [6, 6.07) is -0.294. The Bertz CT molecular complexity index is 615. The minimum atomic E-state index is -0.868. The molecule has 1 atom stereocenters. The van der Waals surface area contributed by atoms with Crippen molar-refractivity contribution in [3.63, 3.8) is 0 Å². The van der Waals surface area contributed by atoms with Crippen molar-refractivity contribution in [3.05, 3.63) is 11.9 Å². The molecule has 0 bridgehead atoms. The molecule has 1 unspecified atom stereocenters. The predicted octanol–water partition coefficient (Wildman–Crippen LogP) is 1.05. The number of aliphatic carboxylic acids is 1. The lowest BCUT2D eigenvalue weighted by atomic mass is 10.0. The smallest absolute Gasteiger partial charge is 0.305 e. The van der Waals surface area contributed by atoms with Gasteiger partial charge in [0.25, 0.3) is 0 Å². The Kier molecular flexibility index (Phi) is 3.82. The molecule has 108 valence electrons. The van der Waals surface area contributed by atoms with Crippen LogP contribution in [-0.2, 0) is 11.8 Å². The standard InChI is InChI=1S/C12H18N6O2/c1-7(2)10(5-11(19)20)18-12(13-15-16-18)9-6-17(4)14-8(9)3/h6-7,10H,5H2,1-4H3,(H,19,20). The molecule has 2 aromatic rings. The first-order chi connectivity index (χ1) is 9.40. The molecule has 1 N–H and O–H groups in total. The van der Waals surface area contributed by atoms with Gasteiger partial charge in [-0.15, -0.1) is 5.10 Å². The zero-order valence-corrected chi connectivity index (χ0v) is 12.0. The SMILES string of the molecule is Cc1nn(C)cc1-c1nnnn1C(CC(=O)O)C(C)C. The summed E-state index contributed by atoms with van der Waals surface area (Å²) in [7, 11) is 1.82. The van der Waals surface area contributed by atoms with Crippen molar-refractivity contribution >= 4 is 5.97 Å². The molecule has 0 aliphatic carbocycles. The van der Waals surface area contributed by atoms with Gasteiger partial charge in [0.05, 0.1) is 23.7 Å². The van der Waals surface area contributed by atoms with Crippen LogP contribution in [0.4, 0.5) is 0 Å². The molecule has 2 rings (SSSR count). The van der Waals surface area contributed by atoms with E-state index in [1.165, 1.54) is 0 Å². The van der Waals surface area contributed by atoms with Gasteiger partial charge in [-0.3, -0.25) is 9.48 Å². The van der Waals surface area contributed by atoms with Crippen molar-refractivity contribution in [2.24, 2.45) is 13.0 Å². The Balaban J connectivity index is 2.45. The maximum Gasteiger partial charge on any atom is 0.305 e. The highest BCUT2D eigenvalue weighted by Crippen LogP contribution is 2.27. The molecule has 0 aromatic carbocycles. The van der Waals surface area contributed by atoms with Gasteiger partial charge in [0.2, 0.25) is 0 Å². The van der Waals surface area contributed by atoms with Gasteiger partial charge in [0.1, 0.15) is 0 Å². The summed E-state index contributed by atoms with van der Waals surface area (Å²) in [6.45, 7) is 5.78. The first-order valence-electron chi connectivity index (χ1n) is 6.40. The molecule has 0 spiro atoms. The number of carbonyl (C=O) groups is 1. The Hall–Kier alpha value is -2.25. The summed E-state index contributed by atoms with van der Waals surface area (Å²) in [5.41, 5.74) is 1.62. The van der Waals surface area contributed by atoms with E-state index < -0.39 is 5.97 Å². The van der Waals surface area contributed by atoms with Gasteiger partial charge in [-0.25, -0.2) is 4.68 Å². The molecule has 8 heteroatoms. The topological polar surface area (TPSA) is 98.7 Å². The van der Waals surface area contributed by atoms with Gasteiger partial charge < -0.3 is 5.11 Å². The molecule has 8 nitrogen and oxygen atoms in total. The second kappa shape index (κ2) is 5.40. The number of hydrogen-bond donors (Lipinski definition) is 1. The van der Waals surface area contributed by atoms with E-state index in [2.05, 4.69) is 20.6 Å². The third-order valence-electron chi connectivity index (χ3n) is 3.21. The lowest BCUT2D eigenvalue weighted by Crippen LogP contribution is -2.21. The lowest BCUT2D eigenvalue weighted by molar-refractivity contribution is -0.138. The first kappa shape index (κ1) is 14.2. The minimum Gasteiger partial charge on any atom is -0.481 e. The molecule has 0 aliphatic heterocycles. The van der Waals surface area contributed by atoms with Crippen molar-refractivity contribution in [2.45, 2.75) is 33.2 Å². The largest absolute Gasteiger partial charge is 0.481 e. The molecule has 0 fully saturated rings. The Morgan fingerprint density at radius 2 is 2.15 bits per heavy atom. The highest BCUT2D eigenvalue weighted by atomic mass is 16.4. The number of nitrogens with zero attached hydrogens (tertiary/aromatic N) is 6. The summed E-state index contributed by atoms with van der Waals surface area (Å²) in [5, 5.41) is 25.0. The maximum absolute atomic E-state index is 11.0. The Morgan fingerprint density at radius 3 is 2.65 bits per heavy atom. The van der Waals surface area contributed by atoms with Crippen LogP contribution in [0.1, 0.15) is 32.0 Å². The van der Waals surface area contributed by atoms with Crippen molar-refractivity contribution in [1.82, 2.24) is 30.0 Å². The fourth-order valence-corrected chi connectivity index (χ4v) is 2.20. The number of rotatable bonds is 5. The Morgan fingerprint density at radius 1 is 1.45 bits per heavy atom. The van der Waals surface area contributed by atoms with Crippen molar-refractivity contribution in [2.75, 3.05) is 0 Å². The average Bonchev–Trinajstić information content (AvgIpc) is 2.91. The van der Waals surface area contributed by atoms with Gasteiger partial charge in [-0.05, 0) is 23.3 Å². The van der Waals surface area contributed by atoms with E-state index in [-0.39, 0.29) is 18.4 Å². The number of hydrogen-bond acceptors (Lipinski definition) is 5. The summed E-state index contributed by atoms with van der Waals surface area (Å²) in [6.07, 6.45) is 1.81. The van der Waals surface area contributed by atoms with E-state index in [4.69, 9.17) is 5.11 Å². The number of carboxylic acids is 1. The summed E-state index contributed by atoms with van der Waals surface area (Å²) < 4.78 is 3.27. The van der Waals surface area contributed by atoms with E-state index in [1.807, 2.05) is 34.0 Å². The van der Waals surface area contributed by atoms with Crippen molar-refractivity contribution in [3.8, 4) is 11.4 Å². The van der Waals surface area contributed by atoms with Crippen LogP contribution in [0.25, 0.3) is 11.4 Å². The normalized spacial score (nSPS) is 12.8. The van der Waals surface area contributed by atoms with Crippen LogP contribution in [0.3, 0.4) is 0 Å². The zero-order valence-electron chi connectivity index (χ0n) is 12.0. The fraction of sp³-hybridized carbons (Fsp3) is 0.583. The van der Waals surface area contributed by atoms with Gasteiger partial charge in [-0.2, -0.15) is 5.10 Å². The zero-order chi connectivity index (χ0) is 14.9. The van der Waals surface area contributed by atoms with Gasteiger partial charge in [-0.1, -0.05) is 13.8 Å². The molecular weight excluding hydrogens is 260 g/mol. The van der Waals surface area contributed by atoms with E-state index in [0.29, 0.717) is 5.82 Å². The molecule has 20 heavy (non-hydrogen) atoms. The van der Waals surface area contributed by atoms with Crippen LogP contribution in [0.15, 0.2) is 6.20 Å². The third kappa shape index (κ3) is 2.68. The monoisotopic (exact) mass is 278 g/mol. The maximum atomic E-state index is 11.0.